The summed E-state index contributed by atoms with van der Waals surface area (Å²) in [4.78, 5) is 12.7. The Bertz CT molecular complexity index is 533. The maximum atomic E-state index is 12.7. The minimum Gasteiger partial charge on any atom is -0.493 e. The van der Waals surface area contributed by atoms with E-state index in [2.05, 4.69) is 10.6 Å². The van der Waals surface area contributed by atoms with Crippen molar-refractivity contribution < 1.29 is 9.53 Å². The predicted octanol–water partition coefficient (Wildman–Crippen LogP) is 1.95. The number of ether oxygens (including phenoxy) is 1. The van der Waals surface area contributed by atoms with Crippen molar-refractivity contribution in [2.45, 2.75) is 56.1 Å². The number of carbonyl (C=O) groups excluding carboxylic acids is 1. The fourth-order valence-electron chi connectivity index (χ4n) is 4.09. The molecule has 112 valence electrons. The van der Waals surface area contributed by atoms with Crippen molar-refractivity contribution in [3.8, 4) is 5.75 Å². The molecule has 2 saturated heterocycles. The Morgan fingerprint density at radius 1 is 1.14 bits per heavy atom. The fraction of sp³-hybridized carbons (Fsp3) is 0.588. The van der Waals surface area contributed by atoms with E-state index in [1.165, 1.54) is 12.8 Å². The summed E-state index contributed by atoms with van der Waals surface area (Å²) >= 11 is 0. The third kappa shape index (κ3) is 2.53. The fourth-order valence-corrected chi connectivity index (χ4v) is 4.09. The maximum Gasteiger partial charge on any atom is 0.228 e. The Hall–Kier alpha value is -1.55. The molecule has 0 aliphatic carbocycles. The van der Waals surface area contributed by atoms with E-state index < -0.39 is 0 Å². The minimum absolute atomic E-state index is 0.0533. The van der Waals surface area contributed by atoms with E-state index >= 15 is 0 Å². The van der Waals surface area contributed by atoms with E-state index in [0.29, 0.717) is 24.7 Å². The monoisotopic (exact) mass is 286 g/mol. The third-order valence-electron chi connectivity index (χ3n) is 5.09. The van der Waals surface area contributed by atoms with Crippen LogP contribution < -0.4 is 15.4 Å². The van der Waals surface area contributed by atoms with Crippen LogP contribution in [0.4, 0.5) is 0 Å². The van der Waals surface area contributed by atoms with E-state index in [4.69, 9.17) is 4.74 Å². The Morgan fingerprint density at radius 2 is 1.90 bits per heavy atom. The van der Waals surface area contributed by atoms with Gasteiger partial charge in [0, 0.05) is 23.7 Å². The van der Waals surface area contributed by atoms with Crippen LogP contribution in [0.15, 0.2) is 24.3 Å². The van der Waals surface area contributed by atoms with Crippen LogP contribution in [-0.2, 0) is 4.79 Å². The molecule has 1 aromatic carbocycles. The van der Waals surface area contributed by atoms with Crippen molar-refractivity contribution in [2.24, 2.45) is 0 Å². The lowest BCUT2D eigenvalue weighted by molar-refractivity contribution is -0.124. The van der Waals surface area contributed by atoms with Gasteiger partial charge in [-0.3, -0.25) is 4.79 Å². The molecule has 0 saturated carbocycles. The van der Waals surface area contributed by atoms with Crippen molar-refractivity contribution in [3.05, 3.63) is 29.8 Å². The number of nitrogens with one attached hydrogen (secondary N) is 2. The van der Waals surface area contributed by atoms with Crippen LogP contribution in [0.2, 0.25) is 0 Å². The molecule has 2 bridgehead atoms. The first-order valence-corrected chi connectivity index (χ1v) is 8.08. The molecule has 4 nitrogen and oxygen atoms in total. The molecule has 1 amide bonds. The highest BCUT2D eigenvalue weighted by molar-refractivity contribution is 5.85. The number of hydrogen-bond acceptors (Lipinski definition) is 3. The second-order valence-corrected chi connectivity index (χ2v) is 6.54. The zero-order valence-electron chi connectivity index (χ0n) is 12.2. The first-order chi connectivity index (χ1) is 10.3. The highest BCUT2D eigenvalue weighted by Crippen LogP contribution is 2.34. The molecule has 4 heteroatoms. The summed E-state index contributed by atoms with van der Waals surface area (Å²) in [6, 6.07) is 9.48. The topological polar surface area (TPSA) is 50.4 Å². The number of hydrogen-bond donors (Lipinski definition) is 2. The number of benzene rings is 1. The molecule has 2 fully saturated rings. The molecule has 0 aromatic heterocycles. The van der Waals surface area contributed by atoms with E-state index in [-0.39, 0.29) is 11.8 Å². The van der Waals surface area contributed by atoms with Crippen LogP contribution in [0.3, 0.4) is 0 Å². The Labute approximate surface area is 125 Å². The van der Waals surface area contributed by atoms with Gasteiger partial charge in [0.05, 0.1) is 12.5 Å². The Kier molecular flexibility index (Phi) is 3.34. The van der Waals surface area contributed by atoms with Gasteiger partial charge in [-0.2, -0.15) is 0 Å². The lowest BCUT2D eigenvalue weighted by Crippen LogP contribution is -2.49. The summed E-state index contributed by atoms with van der Waals surface area (Å²) in [5, 5.41) is 6.91. The van der Waals surface area contributed by atoms with Gasteiger partial charge in [-0.05, 0) is 38.2 Å². The first-order valence-electron chi connectivity index (χ1n) is 8.08. The lowest BCUT2D eigenvalue weighted by Gasteiger charge is -2.32. The molecule has 3 aliphatic heterocycles. The van der Waals surface area contributed by atoms with Crippen LogP contribution >= 0.6 is 0 Å². The van der Waals surface area contributed by atoms with Crippen LogP contribution in [0.25, 0.3) is 0 Å². The lowest BCUT2D eigenvalue weighted by atomic mass is 9.91. The number of fused-ring (bicyclic) bond motifs is 3. The molecule has 3 unspecified atom stereocenters. The molecule has 0 spiro atoms. The third-order valence-corrected chi connectivity index (χ3v) is 5.09. The van der Waals surface area contributed by atoms with E-state index in [1.54, 1.807) is 0 Å². The number of carbonyl (C=O) groups is 1. The number of amides is 1. The van der Waals surface area contributed by atoms with Gasteiger partial charge in [-0.15, -0.1) is 0 Å². The van der Waals surface area contributed by atoms with Gasteiger partial charge in [-0.25, -0.2) is 0 Å². The largest absolute Gasteiger partial charge is 0.493 e. The molecule has 0 radical (unpaired) electrons. The highest BCUT2D eigenvalue weighted by atomic mass is 16.5. The van der Waals surface area contributed by atoms with Crippen molar-refractivity contribution in [2.75, 3.05) is 6.61 Å². The van der Waals surface area contributed by atoms with Gasteiger partial charge < -0.3 is 15.4 Å². The van der Waals surface area contributed by atoms with Gasteiger partial charge in [0.15, 0.2) is 0 Å². The molecule has 4 rings (SSSR count). The van der Waals surface area contributed by atoms with Crippen LogP contribution in [-0.4, -0.2) is 30.6 Å². The summed E-state index contributed by atoms with van der Waals surface area (Å²) in [6.07, 6.45) is 5.45. The molecular weight excluding hydrogens is 264 g/mol. The number of para-hydroxylation sites is 1. The molecule has 21 heavy (non-hydrogen) atoms. The van der Waals surface area contributed by atoms with E-state index in [9.17, 15) is 4.79 Å². The second-order valence-electron chi connectivity index (χ2n) is 6.54. The summed E-state index contributed by atoms with van der Waals surface area (Å²) in [7, 11) is 0. The summed E-state index contributed by atoms with van der Waals surface area (Å²) in [5.41, 5.74) is 1.04. The normalized spacial score (nSPS) is 33.9. The highest BCUT2D eigenvalue weighted by Gasteiger charge is 2.35. The number of rotatable bonds is 2. The Morgan fingerprint density at radius 3 is 2.71 bits per heavy atom. The van der Waals surface area contributed by atoms with Gasteiger partial charge in [-0.1, -0.05) is 18.2 Å². The predicted molar refractivity (Wildman–Crippen MR) is 80.4 cm³/mol. The van der Waals surface area contributed by atoms with Gasteiger partial charge >= 0.3 is 0 Å². The smallest absolute Gasteiger partial charge is 0.228 e. The summed E-state index contributed by atoms with van der Waals surface area (Å²) in [5.74, 6) is 0.994. The zero-order valence-corrected chi connectivity index (χ0v) is 12.2. The number of piperidine rings is 1. The quantitative estimate of drug-likeness (QED) is 0.873. The molecule has 1 aromatic rings. The van der Waals surface area contributed by atoms with Crippen molar-refractivity contribution in [1.29, 1.82) is 0 Å². The van der Waals surface area contributed by atoms with Gasteiger partial charge in [0.25, 0.3) is 0 Å². The average Bonchev–Trinajstić information content (AvgIpc) is 2.85. The summed E-state index contributed by atoms with van der Waals surface area (Å²) in [6.45, 7) is 0.632. The van der Waals surface area contributed by atoms with Crippen molar-refractivity contribution >= 4 is 5.91 Å². The summed E-state index contributed by atoms with van der Waals surface area (Å²) < 4.78 is 5.65. The average molecular weight is 286 g/mol. The van der Waals surface area contributed by atoms with E-state index in [1.807, 2.05) is 24.3 Å². The second kappa shape index (κ2) is 5.34. The molecular formula is C17H22N2O2. The minimum atomic E-state index is -0.0533. The van der Waals surface area contributed by atoms with Gasteiger partial charge in [0.1, 0.15) is 5.75 Å². The van der Waals surface area contributed by atoms with E-state index in [0.717, 1.165) is 30.6 Å². The Balaban J connectivity index is 1.46. The maximum absolute atomic E-state index is 12.7. The molecule has 3 aliphatic rings. The van der Waals surface area contributed by atoms with Crippen LogP contribution in [0.1, 0.15) is 43.6 Å². The zero-order chi connectivity index (χ0) is 14.2. The van der Waals surface area contributed by atoms with Crippen LogP contribution in [0, 0.1) is 0 Å². The van der Waals surface area contributed by atoms with Crippen molar-refractivity contribution in [1.82, 2.24) is 10.6 Å². The van der Waals surface area contributed by atoms with Crippen LogP contribution in [0.5, 0.6) is 5.75 Å². The molecule has 3 atom stereocenters. The SMILES string of the molecule is O=C(NC1CC2CCC(C1)N2)C1CCOc2ccccc21. The standard InChI is InChI=1S/C17H22N2O2/c20-17(19-13-9-11-5-6-12(10-13)18-11)15-7-8-21-16-4-2-1-3-14(15)16/h1-4,11-13,15,18H,5-10H2,(H,19,20). The van der Waals surface area contributed by atoms with Gasteiger partial charge in [0.2, 0.25) is 5.91 Å². The molecule has 2 N–H and O–H groups in total. The molecule has 3 heterocycles. The first kappa shape index (κ1) is 13.1. The van der Waals surface area contributed by atoms with Crippen molar-refractivity contribution in [3.63, 3.8) is 0 Å².